The van der Waals surface area contributed by atoms with Crippen molar-refractivity contribution in [2.24, 2.45) is 4.99 Å². The van der Waals surface area contributed by atoms with Gasteiger partial charge in [-0.3, -0.25) is 0 Å². The van der Waals surface area contributed by atoms with Crippen LogP contribution in [-0.4, -0.2) is 59.2 Å². The maximum absolute atomic E-state index is 12.2. The van der Waals surface area contributed by atoms with Crippen molar-refractivity contribution in [1.29, 1.82) is 0 Å². The van der Waals surface area contributed by atoms with E-state index in [9.17, 15) is 8.42 Å². The van der Waals surface area contributed by atoms with Crippen LogP contribution in [0.25, 0.3) is 5.69 Å². The monoisotopic (exact) mass is 517 g/mol. The van der Waals surface area contributed by atoms with E-state index < -0.39 is 14.6 Å². The summed E-state index contributed by atoms with van der Waals surface area (Å²) in [5, 5.41) is 7.51. The summed E-state index contributed by atoms with van der Waals surface area (Å²) in [6.07, 6.45) is 3.66. The summed E-state index contributed by atoms with van der Waals surface area (Å²) in [5.41, 5.74) is 2.09. The van der Waals surface area contributed by atoms with Crippen LogP contribution in [0.1, 0.15) is 26.3 Å². The van der Waals surface area contributed by atoms with E-state index in [0.717, 1.165) is 23.8 Å². The molecule has 0 atom stereocenters. The molecule has 1 aliphatic heterocycles. The van der Waals surface area contributed by atoms with E-state index in [2.05, 4.69) is 10.4 Å². The van der Waals surface area contributed by atoms with Gasteiger partial charge in [-0.2, -0.15) is 5.10 Å². The lowest BCUT2D eigenvalue weighted by Crippen LogP contribution is -2.57. The number of nitrogens with one attached hydrogen (secondary N) is 1. The minimum Gasteiger partial charge on any atom is -0.357 e. The molecular weight excluding hydrogens is 489 g/mol. The molecule has 2 aromatic rings. The molecule has 0 saturated carbocycles. The van der Waals surface area contributed by atoms with Gasteiger partial charge in [0.2, 0.25) is 0 Å². The Bertz CT molecular complexity index is 893. The maximum Gasteiger partial charge on any atom is 0.194 e. The van der Waals surface area contributed by atoms with Gasteiger partial charge >= 0.3 is 0 Å². The van der Waals surface area contributed by atoms with Crippen molar-refractivity contribution in [3.05, 3.63) is 48.3 Å². The quantitative estimate of drug-likeness (QED) is 0.383. The van der Waals surface area contributed by atoms with E-state index in [0.29, 0.717) is 19.6 Å². The van der Waals surface area contributed by atoms with Crippen molar-refractivity contribution in [1.82, 2.24) is 20.0 Å². The predicted molar refractivity (Wildman–Crippen MR) is 123 cm³/mol. The molecule has 0 bridgehead atoms. The lowest BCUT2D eigenvalue weighted by Gasteiger charge is -2.39. The Kier molecular flexibility index (Phi) is 7.49. The van der Waals surface area contributed by atoms with Crippen molar-refractivity contribution >= 4 is 39.8 Å². The van der Waals surface area contributed by atoms with Crippen LogP contribution < -0.4 is 5.32 Å². The number of hydrogen-bond acceptors (Lipinski definition) is 4. The summed E-state index contributed by atoms with van der Waals surface area (Å²) in [7, 11) is -3.07. The molecule has 9 heteroatoms. The minimum absolute atomic E-state index is 0. The van der Waals surface area contributed by atoms with Crippen LogP contribution in [0.15, 0.2) is 47.7 Å². The molecule has 0 spiro atoms. The Balaban J connectivity index is 0.00000280. The number of sulfone groups is 1. The molecule has 1 saturated heterocycles. The van der Waals surface area contributed by atoms with Crippen LogP contribution >= 0.6 is 24.0 Å². The zero-order valence-electron chi connectivity index (χ0n) is 16.5. The van der Waals surface area contributed by atoms with Gasteiger partial charge in [0.1, 0.15) is 0 Å². The van der Waals surface area contributed by atoms with Crippen molar-refractivity contribution in [3.8, 4) is 5.69 Å². The predicted octanol–water partition coefficient (Wildman–Crippen LogP) is 2.46. The number of nitrogens with zero attached hydrogens (tertiary/aromatic N) is 4. The Labute approximate surface area is 184 Å². The van der Waals surface area contributed by atoms with Gasteiger partial charge in [-0.15, -0.1) is 24.0 Å². The highest BCUT2D eigenvalue weighted by Crippen LogP contribution is 2.23. The molecule has 0 amide bonds. The molecule has 2 heterocycles. The van der Waals surface area contributed by atoms with Gasteiger partial charge in [-0.1, -0.05) is 12.1 Å². The highest BCUT2D eigenvalue weighted by Gasteiger charge is 2.40. The van der Waals surface area contributed by atoms with Crippen LogP contribution in [0, 0.1) is 0 Å². The second-order valence-electron chi connectivity index (χ2n) is 7.29. The Hall–Kier alpha value is -1.62. The van der Waals surface area contributed by atoms with E-state index in [1.165, 1.54) is 0 Å². The number of aliphatic imine (C=N–C) groups is 1. The van der Waals surface area contributed by atoms with Crippen LogP contribution in [0.2, 0.25) is 0 Å². The lowest BCUT2D eigenvalue weighted by atomic mass is 10.2. The van der Waals surface area contributed by atoms with Gasteiger partial charge in [0.25, 0.3) is 0 Å². The van der Waals surface area contributed by atoms with Crippen LogP contribution in [-0.2, 0) is 16.4 Å². The Morgan fingerprint density at radius 2 is 2.00 bits per heavy atom. The first kappa shape index (κ1) is 22.7. The Morgan fingerprint density at radius 3 is 2.57 bits per heavy atom. The van der Waals surface area contributed by atoms with E-state index in [-0.39, 0.29) is 29.7 Å². The zero-order chi connectivity index (χ0) is 19.5. The first-order valence-electron chi connectivity index (χ1n) is 9.17. The highest BCUT2D eigenvalue weighted by atomic mass is 127. The average Bonchev–Trinajstić information content (AvgIpc) is 3.16. The molecule has 1 aliphatic rings. The summed E-state index contributed by atoms with van der Waals surface area (Å²) >= 11 is 0. The van der Waals surface area contributed by atoms with Crippen molar-refractivity contribution < 1.29 is 8.42 Å². The van der Waals surface area contributed by atoms with Crippen molar-refractivity contribution in [3.63, 3.8) is 0 Å². The fraction of sp³-hybridized carbons (Fsp3) is 0.474. The van der Waals surface area contributed by atoms with Crippen LogP contribution in [0.5, 0.6) is 0 Å². The summed E-state index contributed by atoms with van der Waals surface area (Å²) in [4.78, 5) is 6.77. The molecule has 154 valence electrons. The maximum atomic E-state index is 12.2. The molecule has 0 radical (unpaired) electrons. The molecule has 0 aliphatic carbocycles. The highest BCUT2D eigenvalue weighted by molar-refractivity contribution is 14.0. The van der Waals surface area contributed by atoms with Crippen LogP contribution in [0.4, 0.5) is 0 Å². The fourth-order valence-corrected chi connectivity index (χ4v) is 4.46. The third-order valence-corrected chi connectivity index (χ3v) is 7.33. The second kappa shape index (κ2) is 9.25. The number of rotatable bonds is 4. The second-order valence-corrected chi connectivity index (χ2v) is 10.0. The molecule has 7 nitrogen and oxygen atoms in total. The zero-order valence-corrected chi connectivity index (χ0v) is 19.6. The average molecular weight is 517 g/mol. The van der Waals surface area contributed by atoms with E-state index in [1.54, 1.807) is 20.0 Å². The lowest BCUT2D eigenvalue weighted by molar-refractivity contribution is 0.353. The van der Waals surface area contributed by atoms with Gasteiger partial charge in [0, 0.05) is 32.0 Å². The normalized spacial score (nSPS) is 18.4. The standard InChI is InChI=1S/C19H27N5O2S.HI/c1-4-20-18(23-12-13-27(25,26)19(2,3)15-23)21-14-16-6-8-17(9-7-16)24-11-5-10-22-24;/h5-11H,4,12-15H2,1-3H3,(H,20,21);1H. The van der Waals surface area contributed by atoms with E-state index in [4.69, 9.17) is 4.99 Å². The Morgan fingerprint density at radius 1 is 1.29 bits per heavy atom. The molecule has 3 rings (SSSR count). The molecule has 1 N–H and O–H groups in total. The van der Waals surface area contributed by atoms with Gasteiger partial charge in [-0.05, 0) is 44.5 Å². The summed E-state index contributed by atoms with van der Waals surface area (Å²) in [5.74, 6) is 0.917. The SMILES string of the molecule is CCNC(=NCc1ccc(-n2cccn2)cc1)N1CCS(=O)(=O)C(C)(C)C1.I. The van der Waals surface area contributed by atoms with Gasteiger partial charge in [0.05, 0.1) is 22.7 Å². The summed E-state index contributed by atoms with van der Waals surface area (Å²) in [6, 6.07) is 9.99. The van der Waals surface area contributed by atoms with Gasteiger partial charge in [-0.25, -0.2) is 18.1 Å². The number of benzene rings is 1. The van der Waals surface area contributed by atoms with Gasteiger partial charge in [0.15, 0.2) is 15.8 Å². The topological polar surface area (TPSA) is 79.6 Å². The van der Waals surface area contributed by atoms with Crippen molar-refractivity contribution in [2.45, 2.75) is 32.1 Å². The fourth-order valence-electron chi connectivity index (χ4n) is 3.09. The van der Waals surface area contributed by atoms with Gasteiger partial charge < -0.3 is 10.2 Å². The molecule has 1 aromatic carbocycles. The molecule has 1 fully saturated rings. The third kappa shape index (κ3) is 5.05. The largest absolute Gasteiger partial charge is 0.357 e. The van der Waals surface area contributed by atoms with E-state index >= 15 is 0 Å². The first-order chi connectivity index (χ1) is 12.8. The minimum atomic E-state index is -3.07. The summed E-state index contributed by atoms with van der Waals surface area (Å²) in [6.45, 7) is 7.76. The smallest absolute Gasteiger partial charge is 0.194 e. The summed E-state index contributed by atoms with van der Waals surface area (Å²) < 4.78 is 25.5. The molecule has 1 aromatic heterocycles. The molecular formula is C19H28IN5O2S. The first-order valence-corrected chi connectivity index (χ1v) is 10.8. The number of guanidine groups is 1. The number of halogens is 1. The van der Waals surface area contributed by atoms with Crippen molar-refractivity contribution in [2.75, 3.05) is 25.4 Å². The number of aromatic nitrogens is 2. The third-order valence-electron chi connectivity index (χ3n) is 4.79. The van der Waals surface area contributed by atoms with E-state index in [1.807, 2.05) is 53.0 Å². The molecule has 0 unspecified atom stereocenters. The molecule has 28 heavy (non-hydrogen) atoms. The number of hydrogen-bond donors (Lipinski definition) is 1. The van der Waals surface area contributed by atoms with Crippen LogP contribution in [0.3, 0.4) is 0 Å².